The SMILES string of the molecule is CCC[CH2][Sn]([CH2]CCC)([CH2]CCC)[C@H]1O[C@@H](OC)[C@H](N(Cc2ccccc2)Cc2ccccc2)[C@@H](OCc2ccccc2)[C@@H]1O. The standard InChI is InChI=1S/C27H30NO4.3C4H9.Sn/c1-30-27-25(26(24(29)20-32-27)31-19-23-15-9-4-10-16-23)28(17-21-11-5-2-6-12-21)18-22-13-7-3-8-14-22;3*1-3-4-2;/h2-16,20,24-27,29H,17-19H2,1H3;3*1,3-4H2,2H3;/t24-,25-,26+,27-;;;;/m1..../s1. The summed E-state index contributed by atoms with van der Waals surface area (Å²) in [4.78, 5) is 2.41. The van der Waals surface area contributed by atoms with Gasteiger partial charge in [0.15, 0.2) is 0 Å². The summed E-state index contributed by atoms with van der Waals surface area (Å²) >= 11 is -3.09. The van der Waals surface area contributed by atoms with Gasteiger partial charge < -0.3 is 0 Å². The number of nitrogens with zero attached hydrogens (tertiary/aromatic N) is 1. The second kappa shape index (κ2) is 19.2. The van der Waals surface area contributed by atoms with Gasteiger partial charge >= 0.3 is 278 Å². The summed E-state index contributed by atoms with van der Waals surface area (Å²) in [6.45, 7) is 8.70. The summed E-state index contributed by atoms with van der Waals surface area (Å²) in [6.07, 6.45) is 5.47. The van der Waals surface area contributed by atoms with E-state index in [1.165, 1.54) is 63.0 Å². The van der Waals surface area contributed by atoms with Gasteiger partial charge in [-0.25, -0.2) is 0 Å². The fourth-order valence-electron chi connectivity index (χ4n) is 7.17. The maximum atomic E-state index is 12.6. The van der Waals surface area contributed by atoms with Crippen LogP contribution in [0.2, 0.25) is 13.3 Å². The molecule has 0 unspecified atom stereocenters. The van der Waals surface area contributed by atoms with Gasteiger partial charge in [0.2, 0.25) is 0 Å². The number of hydrogen-bond acceptors (Lipinski definition) is 5. The van der Waals surface area contributed by atoms with Crippen molar-refractivity contribution >= 4 is 18.4 Å². The fraction of sp³-hybridized carbons (Fsp3) is 0.538. The molecule has 5 nitrogen and oxygen atoms in total. The van der Waals surface area contributed by atoms with E-state index in [0.29, 0.717) is 19.7 Å². The van der Waals surface area contributed by atoms with Crippen LogP contribution in [0.3, 0.4) is 0 Å². The zero-order valence-electron chi connectivity index (χ0n) is 28.2. The number of benzene rings is 3. The Morgan fingerprint density at radius 3 is 1.56 bits per heavy atom. The predicted molar refractivity (Wildman–Crippen MR) is 188 cm³/mol. The Labute approximate surface area is 277 Å². The van der Waals surface area contributed by atoms with Gasteiger partial charge in [0.05, 0.1) is 0 Å². The van der Waals surface area contributed by atoms with Crippen molar-refractivity contribution in [2.45, 2.75) is 121 Å². The number of aliphatic hydroxyl groups is 1. The summed E-state index contributed by atoms with van der Waals surface area (Å²) < 4.78 is 23.9. The zero-order valence-corrected chi connectivity index (χ0v) is 31.0. The molecule has 6 heteroatoms. The Morgan fingerprint density at radius 1 is 0.689 bits per heavy atom. The average molecular weight is 723 g/mol. The molecule has 0 saturated carbocycles. The molecular formula is C39H57NO4Sn. The molecule has 0 radical (unpaired) electrons. The summed E-state index contributed by atoms with van der Waals surface area (Å²) in [7, 11) is 1.77. The third-order valence-corrected chi connectivity index (χ3v) is 26.0. The van der Waals surface area contributed by atoms with Crippen LogP contribution in [0.1, 0.15) is 76.0 Å². The Morgan fingerprint density at radius 2 is 1.13 bits per heavy atom. The van der Waals surface area contributed by atoms with Crippen LogP contribution >= 0.6 is 0 Å². The Bertz CT molecular complexity index is 1130. The summed E-state index contributed by atoms with van der Waals surface area (Å²) in [6, 6.07) is 31.2. The molecule has 5 atom stereocenters. The molecule has 1 aliphatic rings. The van der Waals surface area contributed by atoms with E-state index in [-0.39, 0.29) is 10.2 Å². The predicted octanol–water partition coefficient (Wildman–Crippen LogP) is 8.76. The molecule has 3 aromatic carbocycles. The van der Waals surface area contributed by atoms with Crippen molar-refractivity contribution in [1.82, 2.24) is 4.90 Å². The molecule has 45 heavy (non-hydrogen) atoms. The molecule has 1 saturated heterocycles. The van der Waals surface area contributed by atoms with Gasteiger partial charge in [0, 0.05) is 0 Å². The minimum atomic E-state index is -3.09. The third kappa shape index (κ3) is 10.1. The Balaban J connectivity index is 1.77. The molecule has 246 valence electrons. The number of methoxy groups -OCH3 is 1. The van der Waals surface area contributed by atoms with E-state index in [4.69, 9.17) is 14.2 Å². The average Bonchev–Trinajstić information content (AvgIpc) is 3.08. The van der Waals surface area contributed by atoms with Crippen molar-refractivity contribution in [3.05, 3.63) is 108 Å². The maximum absolute atomic E-state index is 12.6. The summed E-state index contributed by atoms with van der Waals surface area (Å²) in [5, 5.41) is 12.6. The van der Waals surface area contributed by atoms with Crippen molar-refractivity contribution in [2.24, 2.45) is 0 Å². The van der Waals surface area contributed by atoms with Gasteiger partial charge in [0.25, 0.3) is 0 Å². The van der Waals surface area contributed by atoms with E-state index >= 15 is 0 Å². The van der Waals surface area contributed by atoms with Crippen LogP contribution in [-0.4, -0.2) is 64.2 Å². The van der Waals surface area contributed by atoms with Gasteiger partial charge in [-0.2, -0.15) is 0 Å². The van der Waals surface area contributed by atoms with Crippen molar-refractivity contribution < 1.29 is 19.3 Å². The molecule has 0 aliphatic carbocycles. The molecule has 1 fully saturated rings. The van der Waals surface area contributed by atoms with E-state index in [2.05, 4.69) is 111 Å². The number of unbranched alkanes of at least 4 members (excludes halogenated alkanes) is 3. The number of hydrogen-bond donors (Lipinski definition) is 1. The molecule has 3 aromatic rings. The normalized spacial score (nSPS) is 22.1. The molecule has 4 rings (SSSR count). The van der Waals surface area contributed by atoms with Crippen LogP contribution in [0.4, 0.5) is 0 Å². The van der Waals surface area contributed by atoms with Crippen LogP contribution in [0.5, 0.6) is 0 Å². The summed E-state index contributed by atoms with van der Waals surface area (Å²) in [5.74, 6) is 0. The monoisotopic (exact) mass is 723 g/mol. The number of rotatable bonds is 19. The number of aliphatic hydroxyl groups excluding tert-OH is 1. The summed E-state index contributed by atoms with van der Waals surface area (Å²) in [5.41, 5.74) is 3.53. The minimum absolute atomic E-state index is 0.166. The molecule has 1 aliphatic heterocycles. The van der Waals surface area contributed by atoms with Crippen LogP contribution in [0.15, 0.2) is 91.0 Å². The van der Waals surface area contributed by atoms with Gasteiger partial charge in [-0.3, -0.25) is 0 Å². The molecular weight excluding hydrogens is 665 g/mol. The molecule has 0 aromatic heterocycles. The first-order valence-corrected chi connectivity index (χ1v) is 25.1. The van der Waals surface area contributed by atoms with E-state index in [0.717, 1.165) is 5.56 Å². The number of ether oxygens (including phenoxy) is 3. The van der Waals surface area contributed by atoms with E-state index in [1.54, 1.807) is 7.11 Å². The fourth-order valence-corrected chi connectivity index (χ4v) is 24.6. The van der Waals surface area contributed by atoms with Crippen molar-refractivity contribution in [3.63, 3.8) is 0 Å². The van der Waals surface area contributed by atoms with Gasteiger partial charge in [-0.05, 0) is 0 Å². The van der Waals surface area contributed by atoms with E-state index in [1.807, 2.05) is 6.07 Å². The Hall–Kier alpha value is -1.74. The first-order valence-electron chi connectivity index (χ1n) is 17.4. The van der Waals surface area contributed by atoms with Crippen LogP contribution in [0.25, 0.3) is 0 Å². The van der Waals surface area contributed by atoms with Gasteiger partial charge in [-0.1, -0.05) is 0 Å². The molecule has 0 bridgehead atoms. The van der Waals surface area contributed by atoms with Crippen molar-refractivity contribution in [1.29, 1.82) is 0 Å². The van der Waals surface area contributed by atoms with Crippen molar-refractivity contribution in [2.75, 3.05) is 7.11 Å². The zero-order chi connectivity index (χ0) is 31.9. The van der Waals surface area contributed by atoms with Gasteiger partial charge in [0.1, 0.15) is 0 Å². The van der Waals surface area contributed by atoms with E-state index < -0.39 is 36.9 Å². The third-order valence-electron chi connectivity index (χ3n) is 9.63. The first kappa shape index (κ1) is 36.1. The molecule has 0 amide bonds. The molecule has 1 N–H and O–H groups in total. The van der Waals surface area contributed by atoms with Crippen LogP contribution < -0.4 is 0 Å². The van der Waals surface area contributed by atoms with Crippen molar-refractivity contribution in [3.8, 4) is 0 Å². The van der Waals surface area contributed by atoms with Gasteiger partial charge in [-0.15, -0.1) is 0 Å². The van der Waals surface area contributed by atoms with Crippen LogP contribution in [-0.2, 0) is 33.9 Å². The topological polar surface area (TPSA) is 51.2 Å². The second-order valence-electron chi connectivity index (χ2n) is 13.0. The second-order valence-corrected chi connectivity index (χ2v) is 26.6. The van der Waals surface area contributed by atoms with E-state index in [9.17, 15) is 5.11 Å². The first-order chi connectivity index (χ1) is 22.0. The quantitative estimate of drug-likeness (QED) is 0.126. The van der Waals surface area contributed by atoms with Crippen LogP contribution in [0, 0.1) is 0 Å². The molecule has 1 heterocycles. The molecule has 0 spiro atoms. The Kier molecular flexibility index (Phi) is 15.4.